The van der Waals surface area contributed by atoms with Crippen molar-refractivity contribution in [1.29, 1.82) is 0 Å². The molecule has 1 fully saturated rings. The number of rotatable bonds is 3. The third-order valence-corrected chi connectivity index (χ3v) is 3.87. The van der Waals surface area contributed by atoms with Gasteiger partial charge in [-0.05, 0) is 18.2 Å². The van der Waals surface area contributed by atoms with Crippen molar-refractivity contribution in [2.45, 2.75) is 18.6 Å². The molecule has 0 spiro atoms. The highest BCUT2D eigenvalue weighted by Crippen LogP contribution is 2.27. The zero-order chi connectivity index (χ0) is 14.9. The Morgan fingerprint density at radius 2 is 2.10 bits per heavy atom. The van der Waals surface area contributed by atoms with Gasteiger partial charge in [-0.25, -0.2) is 4.79 Å². The van der Waals surface area contributed by atoms with Crippen LogP contribution in [0.2, 0.25) is 10.0 Å². The molecule has 2 unspecified atom stereocenters. The Morgan fingerprint density at radius 3 is 2.70 bits per heavy atom. The Morgan fingerprint density at radius 1 is 1.40 bits per heavy atom. The number of likely N-dealkylation sites (tertiary alicyclic amines) is 1. The number of carboxylic acid groups (broad SMARTS) is 1. The molecule has 2 atom stereocenters. The Kier molecular flexibility index (Phi) is 4.52. The average molecular weight is 318 g/mol. The molecule has 20 heavy (non-hydrogen) atoms. The summed E-state index contributed by atoms with van der Waals surface area (Å²) in [5, 5.41) is 9.82. The monoisotopic (exact) mass is 317 g/mol. The van der Waals surface area contributed by atoms with Crippen molar-refractivity contribution in [2.24, 2.45) is 0 Å². The van der Waals surface area contributed by atoms with Crippen LogP contribution < -0.4 is 0 Å². The van der Waals surface area contributed by atoms with Crippen LogP contribution >= 0.6 is 23.2 Å². The lowest BCUT2D eigenvalue weighted by Gasteiger charge is -2.21. The van der Waals surface area contributed by atoms with Crippen LogP contribution in [0, 0.1) is 0 Å². The maximum atomic E-state index is 12.5. The van der Waals surface area contributed by atoms with Gasteiger partial charge >= 0.3 is 5.97 Å². The van der Waals surface area contributed by atoms with E-state index < -0.39 is 17.9 Å². The first-order chi connectivity index (χ1) is 9.43. The fourth-order valence-electron chi connectivity index (χ4n) is 2.24. The maximum Gasteiger partial charge on any atom is 0.326 e. The summed E-state index contributed by atoms with van der Waals surface area (Å²) in [6.07, 6.45) is -0.0338. The van der Waals surface area contributed by atoms with Crippen LogP contribution in [-0.4, -0.2) is 47.7 Å². The lowest BCUT2D eigenvalue weighted by atomic mass is 10.1. The summed E-state index contributed by atoms with van der Waals surface area (Å²) in [7, 11) is 1.49. The molecular formula is C13H13Cl2NO4. The molecule has 0 bridgehead atoms. The number of carboxylic acids is 1. The van der Waals surface area contributed by atoms with Crippen molar-refractivity contribution in [2.75, 3.05) is 13.7 Å². The average Bonchev–Trinajstić information content (AvgIpc) is 2.85. The molecule has 0 saturated carbocycles. The van der Waals surface area contributed by atoms with E-state index in [4.69, 9.17) is 27.9 Å². The number of ether oxygens (including phenoxy) is 1. The van der Waals surface area contributed by atoms with E-state index in [1.807, 2.05) is 0 Å². The number of nitrogens with zero attached hydrogens (tertiary/aromatic N) is 1. The Labute approximate surface area is 126 Å². The molecule has 2 rings (SSSR count). The van der Waals surface area contributed by atoms with Crippen LogP contribution in [-0.2, 0) is 9.53 Å². The summed E-state index contributed by atoms with van der Waals surface area (Å²) in [5.41, 5.74) is 0.196. The van der Waals surface area contributed by atoms with Gasteiger partial charge in [-0.1, -0.05) is 23.2 Å². The number of hydrogen-bond donors (Lipinski definition) is 1. The van der Waals surface area contributed by atoms with Crippen molar-refractivity contribution in [3.05, 3.63) is 33.8 Å². The van der Waals surface area contributed by atoms with Gasteiger partial charge < -0.3 is 14.7 Å². The molecular weight excluding hydrogens is 305 g/mol. The number of benzene rings is 1. The van der Waals surface area contributed by atoms with Gasteiger partial charge in [0.15, 0.2) is 0 Å². The van der Waals surface area contributed by atoms with Crippen LogP contribution in [0.15, 0.2) is 18.2 Å². The van der Waals surface area contributed by atoms with Crippen LogP contribution in [0.25, 0.3) is 0 Å². The topological polar surface area (TPSA) is 66.8 Å². The van der Waals surface area contributed by atoms with E-state index in [0.717, 1.165) is 0 Å². The van der Waals surface area contributed by atoms with Crippen LogP contribution in [0.1, 0.15) is 16.8 Å². The van der Waals surface area contributed by atoms with Crippen LogP contribution in [0.3, 0.4) is 0 Å². The quantitative estimate of drug-likeness (QED) is 0.929. The van der Waals surface area contributed by atoms with Crippen molar-refractivity contribution in [1.82, 2.24) is 4.90 Å². The van der Waals surface area contributed by atoms with E-state index in [9.17, 15) is 14.7 Å². The second-order valence-corrected chi connectivity index (χ2v) is 5.37. The molecule has 0 aliphatic carbocycles. The smallest absolute Gasteiger partial charge is 0.326 e. The molecule has 1 aromatic carbocycles. The second kappa shape index (κ2) is 5.99. The van der Waals surface area contributed by atoms with Crippen molar-refractivity contribution >= 4 is 35.1 Å². The highest BCUT2D eigenvalue weighted by atomic mass is 35.5. The molecule has 1 aliphatic heterocycles. The van der Waals surface area contributed by atoms with E-state index >= 15 is 0 Å². The lowest BCUT2D eigenvalue weighted by Crippen LogP contribution is -2.40. The van der Waals surface area contributed by atoms with E-state index in [0.29, 0.717) is 5.02 Å². The largest absolute Gasteiger partial charge is 0.480 e. The number of carbonyl (C=O) groups excluding carboxylic acids is 1. The van der Waals surface area contributed by atoms with Crippen molar-refractivity contribution < 1.29 is 19.4 Å². The summed E-state index contributed by atoms with van der Waals surface area (Å²) in [6.45, 7) is 0.217. The molecule has 7 heteroatoms. The summed E-state index contributed by atoms with van der Waals surface area (Å²) < 4.78 is 5.15. The van der Waals surface area contributed by atoms with Crippen LogP contribution in [0.4, 0.5) is 0 Å². The van der Waals surface area contributed by atoms with E-state index in [-0.39, 0.29) is 29.7 Å². The summed E-state index contributed by atoms with van der Waals surface area (Å²) in [5.74, 6) is -1.51. The molecule has 1 aliphatic rings. The summed E-state index contributed by atoms with van der Waals surface area (Å²) >= 11 is 11.8. The highest BCUT2D eigenvalue weighted by molar-refractivity contribution is 6.35. The number of halogens is 2. The first-order valence-corrected chi connectivity index (χ1v) is 6.71. The number of carbonyl (C=O) groups is 2. The van der Waals surface area contributed by atoms with Crippen molar-refractivity contribution in [3.63, 3.8) is 0 Å². The van der Waals surface area contributed by atoms with Gasteiger partial charge in [0.25, 0.3) is 5.91 Å². The molecule has 1 aromatic rings. The van der Waals surface area contributed by atoms with Gasteiger partial charge in [-0.15, -0.1) is 0 Å². The summed E-state index contributed by atoms with van der Waals surface area (Å²) in [4.78, 5) is 25.0. The molecule has 1 heterocycles. The Bertz CT molecular complexity index is 549. The molecule has 1 N–H and O–H groups in total. The Hall–Kier alpha value is -1.30. The zero-order valence-corrected chi connectivity index (χ0v) is 12.2. The molecule has 0 aromatic heterocycles. The molecule has 108 valence electrons. The van der Waals surface area contributed by atoms with Crippen molar-refractivity contribution in [3.8, 4) is 0 Å². The normalized spacial score (nSPS) is 22.1. The lowest BCUT2D eigenvalue weighted by molar-refractivity contribution is -0.141. The van der Waals surface area contributed by atoms with Gasteiger partial charge in [0.05, 0.1) is 16.7 Å². The first kappa shape index (κ1) is 15.1. The fraction of sp³-hybridized carbons (Fsp3) is 0.385. The molecule has 0 radical (unpaired) electrons. The van der Waals surface area contributed by atoms with E-state index in [1.54, 1.807) is 6.07 Å². The van der Waals surface area contributed by atoms with Crippen LogP contribution in [0.5, 0.6) is 0 Å². The summed E-state index contributed by atoms with van der Waals surface area (Å²) in [6, 6.07) is 3.60. The Balaban J connectivity index is 2.31. The van der Waals surface area contributed by atoms with Gasteiger partial charge in [-0.2, -0.15) is 0 Å². The maximum absolute atomic E-state index is 12.5. The number of hydrogen-bond acceptors (Lipinski definition) is 3. The highest BCUT2D eigenvalue weighted by Gasteiger charge is 2.40. The van der Waals surface area contributed by atoms with Gasteiger partial charge in [0.2, 0.25) is 0 Å². The zero-order valence-electron chi connectivity index (χ0n) is 10.7. The van der Waals surface area contributed by atoms with Gasteiger partial charge in [-0.3, -0.25) is 4.79 Å². The van der Waals surface area contributed by atoms with Gasteiger partial charge in [0, 0.05) is 25.1 Å². The number of aliphatic carboxylic acids is 1. The fourth-order valence-corrected chi connectivity index (χ4v) is 2.61. The first-order valence-electron chi connectivity index (χ1n) is 5.95. The van der Waals surface area contributed by atoms with Gasteiger partial charge in [0.1, 0.15) is 6.04 Å². The minimum atomic E-state index is -1.06. The minimum absolute atomic E-state index is 0.196. The minimum Gasteiger partial charge on any atom is -0.480 e. The third-order valence-electron chi connectivity index (χ3n) is 3.30. The standard InChI is InChI=1S/C13H13Cl2NO4/c1-20-8-5-11(13(18)19)16(6-8)12(17)9-4-7(14)2-3-10(9)15/h2-4,8,11H,5-6H2,1H3,(H,18,19). The SMILES string of the molecule is COC1CC(C(=O)O)N(C(=O)c2cc(Cl)ccc2Cl)C1. The molecule has 1 saturated heterocycles. The van der Waals surface area contributed by atoms with E-state index in [1.165, 1.54) is 24.1 Å². The molecule has 1 amide bonds. The van der Waals surface area contributed by atoms with E-state index in [2.05, 4.69) is 0 Å². The second-order valence-electron chi connectivity index (χ2n) is 4.53. The predicted octanol–water partition coefficient (Wildman–Crippen LogP) is 2.31. The molecule has 5 nitrogen and oxygen atoms in total. The predicted molar refractivity (Wildman–Crippen MR) is 74.3 cm³/mol. The number of methoxy groups -OCH3 is 1. The third kappa shape index (κ3) is 2.90. The number of amides is 1.